The number of hydrogen-bond donors (Lipinski definition) is 0. The van der Waals surface area contributed by atoms with Crippen molar-refractivity contribution in [3.05, 3.63) is 12.2 Å². The van der Waals surface area contributed by atoms with Gasteiger partial charge < -0.3 is 0 Å². The third kappa shape index (κ3) is 3.86. The van der Waals surface area contributed by atoms with Crippen molar-refractivity contribution in [1.82, 2.24) is 0 Å². The molecule has 2 atom stereocenters. The maximum absolute atomic E-state index is 2.50. The van der Waals surface area contributed by atoms with Gasteiger partial charge in [0.15, 0.2) is 0 Å². The summed E-state index contributed by atoms with van der Waals surface area (Å²) in [5.74, 6) is 1.81. The molecule has 0 nitrogen and oxygen atoms in total. The minimum Gasteiger partial charge on any atom is -0.0882 e. The Kier molecular flexibility index (Phi) is 5.98. The predicted molar refractivity (Wildman–Crippen MR) is 64.4 cm³/mol. The van der Waals surface area contributed by atoms with Gasteiger partial charge in [-0.2, -0.15) is 0 Å². The molecule has 0 aromatic rings. The number of allylic oxidation sites excluding steroid dienone is 2. The van der Waals surface area contributed by atoms with E-state index in [1.165, 1.54) is 51.4 Å². The van der Waals surface area contributed by atoms with Crippen molar-refractivity contribution in [3.8, 4) is 0 Å². The third-order valence-electron chi connectivity index (χ3n) is 3.68. The van der Waals surface area contributed by atoms with Crippen molar-refractivity contribution in [2.75, 3.05) is 0 Å². The summed E-state index contributed by atoms with van der Waals surface area (Å²) in [6.07, 6.45) is 16.2. The minimum atomic E-state index is 0.859. The second kappa shape index (κ2) is 7.09. The smallest absolute Gasteiger partial charge is 0.0208 e. The largest absolute Gasteiger partial charge is 0.0882 e. The highest BCUT2D eigenvalue weighted by Crippen LogP contribution is 2.27. The lowest BCUT2D eigenvalue weighted by Gasteiger charge is -2.23. The van der Waals surface area contributed by atoms with E-state index < -0.39 is 0 Å². The van der Waals surface area contributed by atoms with E-state index in [1.54, 1.807) is 0 Å². The first-order valence-corrected chi connectivity index (χ1v) is 6.55. The van der Waals surface area contributed by atoms with Crippen molar-refractivity contribution in [2.24, 2.45) is 11.8 Å². The van der Waals surface area contributed by atoms with E-state index in [0.717, 1.165) is 11.8 Å². The van der Waals surface area contributed by atoms with Crippen LogP contribution in [-0.4, -0.2) is 0 Å². The predicted octanol–water partition coefficient (Wildman–Crippen LogP) is 4.95. The van der Waals surface area contributed by atoms with Gasteiger partial charge in [0.1, 0.15) is 0 Å². The molecule has 0 heterocycles. The van der Waals surface area contributed by atoms with Crippen LogP contribution >= 0.6 is 0 Å². The van der Waals surface area contributed by atoms with E-state index in [4.69, 9.17) is 0 Å². The summed E-state index contributed by atoms with van der Waals surface area (Å²) in [5.41, 5.74) is 0. The fourth-order valence-electron chi connectivity index (χ4n) is 2.64. The van der Waals surface area contributed by atoms with Crippen LogP contribution in [0.25, 0.3) is 0 Å². The Balaban J connectivity index is 2.53. The van der Waals surface area contributed by atoms with Gasteiger partial charge in [-0.15, -0.1) is 0 Å². The summed E-state index contributed by atoms with van der Waals surface area (Å²) in [7, 11) is 0. The molecule has 2 unspecified atom stereocenters. The first-order chi connectivity index (χ1) is 6.88. The lowest BCUT2D eigenvalue weighted by Crippen LogP contribution is -2.11. The number of rotatable bonds is 2. The molecule has 0 saturated carbocycles. The Hall–Kier alpha value is -0.260. The van der Waals surface area contributed by atoms with Crippen LogP contribution in [0.15, 0.2) is 12.2 Å². The minimum absolute atomic E-state index is 0.859. The highest BCUT2D eigenvalue weighted by Gasteiger charge is 2.15. The normalized spacial score (nSPS) is 32.4. The van der Waals surface area contributed by atoms with Crippen molar-refractivity contribution in [3.63, 3.8) is 0 Å². The van der Waals surface area contributed by atoms with Gasteiger partial charge in [-0.25, -0.2) is 0 Å². The molecule has 1 aliphatic rings. The van der Waals surface area contributed by atoms with Gasteiger partial charge in [0.2, 0.25) is 0 Å². The van der Waals surface area contributed by atoms with E-state index in [1.807, 2.05) is 0 Å². The molecule has 1 aliphatic carbocycles. The van der Waals surface area contributed by atoms with Gasteiger partial charge >= 0.3 is 0 Å². The zero-order valence-electron chi connectivity index (χ0n) is 9.97. The summed E-state index contributed by atoms with van der Waals surface area (Å²) in [6.45, 7) is 4.69. The lowest BCUT2D eigenvalue weighted by molar-refractivity contribution is 0.333. The van der Waals surface area contributed by atoms with Crippen LogP contribution in [0.5, 0.6) is 0 Å². The van der Waals surface area contributed by atoms with Crippen LogP contribution in [0.4, 0.5) is 0 Å². The Labute approximate surface area is 89.8 Å². The van der Waals surface area contributed by atoms with Crippen LogP contribution in [-0.2, 0) is 0 Å². The molecule has 0 bridgehead atoms. The van der Waals surface area contributed by atoms with Crippen LogP contribution in [0.1, 0.15) is 65.2 Å². The van der Waals surface area contributed by atoms with Gasteiger partial charge in [0, 0.05) is 0 Å². The SMILES string of the molecule is CCC1/C=C\CCCCCCC1CC. The maximum Gasteiger partial charge on any atom is -0.0208 e. The van der Waals surface area contributed by atoms with E-state index in [2.05, 4.69) is 26.0 Å². The summed E-state index contributed by atoms with van der Waals surface area (Å²) < 4.78 is 0. The third-order valence-corrected chi connectivity index (χ3v) is 3.68. The second-order valence-electron chi connectivity index (χ2n) is 4.66. The zero-order valence-corrected chi connectivity index (χ0v) is 9.97. The molecule has 0 amide bonds. The van der Waals surface area contributed by atoms with E-state index in [0.29, 0.717) is 0 Å². The van der Waals surface area contributed by atoms with Gasteiger partial charge in [0.05, 0.1) is 0 Å². The average molecular weight is 194 g/mol. The Morgan fingerprint density at radius 2 is 1.79 bits per heavy atom. The second-order valence-corrected chi connectivity index (χ2v) is 4.66. The molecule has 1 rings (SSSR count). The van der Waals surface area contributed by atoms with Crippen molar-refractivity contribution in [1.29, 1.82) is 0 Å². The summed E-state index contributed by atoms with van der Waals surface area (Å²) in [5, 5.41) is 0. The maximum atomic E-state index is 2.50. The van der Waals surface area contributed by atoms with E-state index in [9.17, 15) is 0 Å². The summed E-state index contributed by atoms with van der Waals surface area (Å²) in [6, 6.07) is 0. The standard InChI is InChI=1S/C14H26/c1-3-13-11-9-7-5-6-8-10-12-14(13)4-2/h9,11,13-14H,3-8,10,12H2,1-2H3/b11-9-. The Morgan fingerprint density at radius 3 is 2.50 bits per heavy atom. The van der Waals surface area contributed by atoms with E-state index in [-0.39, 0.29) is 0 Å². The van der Waals surface area contributed by atoms with Gasteiger partial charge in [-0.3, -0.25) is 0 Å². The average Bonchev–Trinajstić information content (AvgIpc) is 2.24. The molecule has 14 heavy (non-hydrogen) atoms. The topological polar surface area (TPSA) is 0 Å². The van der Waals surface area contributed by atoms with Gasteiger partial charge in [-0.05, 0) is 37.5 Å². The molecule has 0 aromatic heterocycles. The molecule has 0 heteroatoms. The van der Waals surface area contributed by atoms with Gasteiger partial charge in [-0.1, -0.05) is 51.7 Å². The Bertz CT molecular complexity index is 157. The lowest BCUT2D eigenvalue weighted by atomic mass is 9.83. The molecular weight excluding hydrogens is 168 g/mol. The quantitative estimate of drug-likeness (QED) is 0.546. The molecule has 0 saturated heterocycles. The summed E-state index contributed by atoms with van der Waals surface area (Å²) >= 11 is 0. The van der Waals surface area contributed by atoms with Gasteiger partial charge in [0.25, 0.3) is 0 Å². The van der Waals surface area contributed by atoms with Crippen LogP contribution < -0.4 is 0 Å². The molecule has 0 aromatic carbocycles. The molecule has 82 valence electrons. The molecule has 0 spiro atoms. The molecule has 0 aliphatic heterocycles. The van der Waals surface area contributed by atoms with Crippen molar-refractivity contribution in [2.45, 2.75) is 65.2 Å². The molecule has 0 radical (unpaired) electrons. The number of hydrogen-bond acceptors (Lipinski definition) is 0. The zero-order chi connectivity index (χ0) is 10.2. The van der Waals surface area contributed by atoms with Crippen molar-refractivity contribution < 1.29 is 0 Å². The molecule has 0 N–H and O–H groups in total. The fraction of sp³-hybridized carbons (Fsp3) is 0.857. The van der Waals surface area contributed by atoms with Crippen LogP contribution in [0, 0.1) is 11.8 Å². The molecule has 0 fully saturated rings. The Morgan fingerprint density at radius 1 is 1.00 bits per heavy atom. The van der Waals surface area contributed by atoms with Crippen LogP contribution in [0.2, 0.25) is 0 Å². The monoisotopic (exact) mass is 194 g/mol. The first kappa shape index (κ1) is 11.8. The summed E-state index contributed by atoms with van der Waals surface area (Å²) in [4.78, 5) is 0. The van der Waals surface area contributed by atoms with E-state index >= 15 is 0 Å². The van der Waals surface area contributed by atoms with Crippen LogP contribution in [0.3, 0.4) is 0 Å². The highest BCUT2D eigenvalue weighted by atomic mass is 14.2. The first-order valence-electron chi connectivity index (χ1n) is 6.55. The fourth-order valence-corrected chi connectivity index (χ4v) is 2.64. The highest BCUT2D eigenvalue weighted by molar-refractivity contribution is 4.91. The van der Waals surface area contributed by atoms with Crippen molar-refractivity contribution >= 4 is 0 Å². The molecular formula is C14H26.